The van der Waals surface area contributed by atoms with Gasteiger partial charge in [-0.3, -0.25) is 9.59 Å². The van der Waals surface area contributed by atoms with Crippen LogP contribution in [0.15, 0.2) is 23.8 Å². The molecule has 0 aliphatic heterocycles. The maximum Gasteiger partial charge on any atom is 0.193 e. The summed E-state index contributed by atoms with van der Waals surface area (Å²) in [5.41, 5.74) is -4.73. The first-order chi connectivity index (χ1) is 14.6. The summed E-state index contributed by atoms with van der Waals surface area (Å²) in [6.07, 6.45) is 3.91. The van der Waals surface area contributed by atoms with E-state index in [9.17, 15) is 19.8 Å². The fourth-order valence-electron chi connectivity index (χ4n) is 7.67. The van der Waals surface area contributed by atoms with Gasteiger partial charge in [-0.25, -0.2) is 4.39 Å². The number of halogens is 1. The minimum absolute atomic E-state index is 0.00151. The van der Waals surface area contributed by atoms with Crippen molar-refractivity contribution in [2.24, 2.45) is 22.7 Å². The summed E-state index contributed by atoms with van der Waals surface area (Å²) in [5, 5.41) is 21.1. The van der Waals surface area contributed by atoms with Gasteiger partial charge in [0.15, 0.2) is 22.8 Å². The highest BCUT2D eigenvalue weighted by Gasteiger charge is 2.77. The SMILES string of the molecule is CCO[C@@H]1C[C@H]2[C@@H]3CCC4=CC(=O)C=CC4(C)[C@@]3(F)[C@@H](O)C[C@]2(C)[C@@]1(OC)C(=O)CO. The highest BCUT2D eigenvalue weighted by Crippen LogP contribution is 2.70. The number of ether oxygens (including phenoxy) is 2. The molecule has 4 rings (SSSR count). The molecular formula is C24H33FO6. The molecule has 0 aromatic carbocycles. The molecule has 7 heteroatoms. The molecule has 3 saturated carbocycles. The number of aliphatic hydroxyl groups excluding tert-OH is 2. The third kappa shape index (κ3) is 2.58. The van der Waals surface area contributed by atoms with Crippen molar-refractivity contribution in [1.29, 1.82) is 0 Å². The first-order valence-corrected chi connectivity index (χ1v) is 11.2. The Bertz CT molecular complexity index is 853. The van der Waals surface area contributed by atoms with E-state index in [0.29, 0.717) is 31.4 Å². The van der Waals surface area contributed by atoms with Crippen molar-refractivity contribution >= 4 is 11.6 Å². The monoisotopic (exact) mass is 436 g/mol. The van der Waals surface area contributed by atoms with Gasteiger partial charge >= 0.3 is 0 Å². The molecule has 0 aromatic heterocycles. The van der Waals surface area contributed by atoms with E-state index in [-0.39, 0.29) is 18.1 Å². The predicted octanol–water partition coefficient (Wildman–Crippen LogP) is 2.32. The Morgan fingerprint density at radius 1 is 1.32 bits per heavy atom. The lowest BCUT2D eigenvalue weighted by molar-refractivity contribution is -0.229. The average Bonchev–Trinajstić information content (AvgIpc) is 2.97. The number of fused-ring (bicyclic) bond motifs is 5. The number of Topliss-reactive ketones (excluding diaryl/α,β-unsaturated/α-hetero) is 1. The summed E-state index contributed by atoms with van der Waals surface area (Å²) in [5.74, 6) is -1.50. The quantitative estimate of drug-likeness (QED) is 0.687. The zero-order valence-corrected chi connectivity index (χ0v) is 18.7. The van der Waals surface area contributed by atoms with Crippen molar-refractivity contribution in [1.82, 2.24) is 0 Å². The van der Waals surface area contributed by atoms with Crippen LogP contribution in [0.3, 0.4) is 0 Å². The molecule has 0 amide bonds. The van der Waals surface area contributed by atoms with Crippen molar-refractivity contribution in [3.05, 3.63) is 23.8 Å². The smallest absolute Gasteiger partial charge is 0.193 e. The maximum atomic E-state index is 17.1. The Balaban J connectivity index is 1.86. The second-order valence-electron chi connectivity index (χ2n) is 9.97. The Hall–Kier alpha value is -1.41. The van der Waals surface area contributed by atoms with Gasteiger partial charge in [-0.15, -0.1) is 0 Å². The zero-order chi connectivity index (χ0) is 22.8. The number of methoxy groups -OCH3 is 1. The van der Waals surface area contributed by atoms with Crippen molar-refractivity contribution in [3.63, 3.8) is 0 Å². The molecule has 1 unspecified atom stereocenters. The van der Waals surface area contributed by atoms with Gasteiger partial charge in [-0.05, 0) is 57.6 Å². The summed E-state index contributed by atoms with van der Waals surface area (Å²) in [4.78, 5) is 25.0. The number of allylic oxidation sites excluding steroid dienone is 4. The molecule has 4 aliphatic carbocycles. The van der Waals surface area contributed by atoms with E-state index in [4.69, 9.17) is 9.47 Å². The number of carbonyl (C=O) groups is 2. The first-order valence-electron chi connectivity index (χ1n) is 11.2. The van der Waals surface area contributed by atoms with Gasteiger partial charge in [0, 0.05) is 30.5 Å². The Morgan fingerprint density at radius 2 is 2.03 bits per heavy atom. The van der Waals surface area contributed by atoms with Crippen LogP contribution in [0.1, 0.15) is 46.5 Å². The number of hydrogen-bond acceptors (Lipinski definition) is 6. The molecule has 0 radical (unpaired) electrons. The van der Waals surface area contributed by atoms with Gasteiger partial charge in [-0.1, -0.05) is 18.6 Å². The van der Waals surface area contributed by atoms with E-state index in [0.717, 1.165) is 0 Å². The third-order valence-corrected chi connectivity index (χ3v) is 9.05. The van der Waals surface area contributed by atoms with Gasteiger partial charge in [0.2, 0.25) is 0 Å². The molecule has 6 nitrogen and oxygen atoms in total. The van der Waals surface area contributed by atoms with Crippen LogP contribution in [0.4, 0.5) is 4.39 Å². The normalized spacial score (nSPS) is 48.6. The minimum atomic E-state index is -1.98. The predicted molar refractivity (Wildman–Crippen MR) is 111 cm³/mol. The molecule has 3 fully saturated rings. The Labute approximate surface area is 182 Å². The standard InChI is InChI=1S/C24H33FO6/c1-5-31-20-11-17-16-7-6-14-10-15(27)8-9-21(14,2)23(16,25)18(28)12-22(17,3)24(20,30-4)19(29)13-26/h8-10,16-18,20,26,28H,5-7,11-13H2,1-4H3/t16-,17-,18-,20+,21?,22-,23-,24+/m0/s1. The number of alkyl halides is 1. The van der Waals surface area contributed by atoms with Gasteiger partial charge < -0.3 is 19.7 Å². The molecule has 0 aromatic rings. The van der Waals surface area contributed by atoms with Gasteiger partial charge in [0.1, 0.15) is 6.61 Å². The zero-order valence-electron chi connectivity index (χ0n) is 18.7. The molecule has 4 aliphatic rings. The second kappa shape index (κ2) is 7.30. The fourth-order valence-corrected chi connectivity index (χ4v) is 7.67. The fraction of sp³-hybridized carbons (Fsp3) is 0.750. The summed E-state index contributed by atoms with van der Waals surface area (Å²) < 4.78 is 29.0. The summed E-state index contributed by atoms with van der Waals surface area (Å²) in [6, 6.07) is 0. The van der Waals surface area contributed by atoms with Crippen molar-refractivity contribution in [2.75, 3.05) is 20.3 Å². The van der Waals surface area contributed by atoms with Crippen LogP contribution in [0, 0.1) is 22.7 Å². The van der Waals surface area contributed by atoms with Crippen LogP contribution in [0.5, 0.6) is 0 Å². The number of ketones is 2. The number of carbonyl (C=O) groups excluding carboxylic acids is 2. The van der Waals surface area contributed by atoms with E-state index in [1.165, 1.54) is 19.3 Å². The number of hydrogen-bond donors (Lipinski definition) is 2. The van der Waals surface area contributed by atoms with Crippen LogP contribution in [0.25, 0.3) is 0 Å². The van der Waals surface area contributed by atoms with Crippen LogP contribution >= 0.6 is 0 Å². The Morgan fingerprint density at radius 3 is 2.65 bits per heavy atom. The van der Waals surface area contributed by atoms with Gasteiger partial charge in [0.05, 0.1) is 12.2 Å². The van der Waals surface area contributed by atoms with E-state index in [1.807, 2.05) is 13.8 Å². The largest absolute Gasteiger partial charge is 0.390 e. The van der Waals surface area contributed by atoms with Crippen LogP contribution in [-0.4, -0.2) is 65.6 Å². The molecule has 172 valence electrons. The lowest BCUT2D eigenvalue weighted by Gasteiger charge is -2.62. The first kappa shape index (κ1) is 22.8. The molecule has 8 atom stereocenters. The van der Waals surface area contributed by atoms with Crippen LogP contribution in [-0.2, 0) is 19.1 Å². The average molecular weight is 437 g/mol. The lowest BCUT2D eigenvalue weighted by Crippen LogP contribution is -2.70. The van der Waals surface area contributed by atoms with Gasteiger partial charge in [0.25, 0.3) is 0 Å². The number of rotatable bonds is 5. The van der Waals surface area contributed by atoms with Crippen molar-refractivity contribution < 1.29 is 33.7 Å². The second-order valence-corrected chi connectivity index (χ2v) is 9.97. The van der Waals surface area contributed by atoms with Gasteiger partial charge in [-0.2, -0.15) is 0 Å². The highest BCUT2D eigenvalue weighted by molar-refractivity contribution is 6.01. The summed E-state index contributed by atoms with van der Waals surface area (Å²) in [6.45, 7) is 5.09. The highest BCUT2D eigenvalue weighted by atomic mass is 19.1. The van der Waals surface area contributed by atoms with Crippen molar-refractivity contribution in [3.8, 4) is 0 Å². The van der Waals surface area contributed by atoms with E-state index >= 15 is 4.39 Å². The molecule has 0 bridgehead atoms. The van der Waals surface area contributed by atoms with E-state index in [2.05, 4.69) is 0 Å². The van der Waals surface area contributed by atoms with E-state index < -0.39 is 52.6 Å². The molecule has 0 heterocycles. The number of aliphatic hydroxyl groups is 2. The van der Waals surface area contributed by atoms with Crippen molar-refractivity contribution in [2.45, 2.75) is 69.9 Å². The summed E-state index contributed by atoms with van der Waals surface area (Å²) >= 11 is 0. The molecule has 0 spiro atoms. The maximum absolute atomic E-state index is 17.1. The molecule has 2 N–H and O–H groups in total. The topological polar surface area (TPSA) is 93.1 Å². The Kier molecular flexibility index (Phi) is 5.36. The van der Waals surface area contributed by atoms with E-state index in [1.54, 1.807) is 13.0 Å². The minimum Gasteiger partial charge on any atom is -0.390 e. The molecule has 0 saturated heterocycles. The molecule has 31 heavy (non-hydrogen) atoms. The van der Waals surface area contributed by atoms with Crippen LogP contribution < -0.4 is 0 Å². The third-order valence-electron chi connectivity index (χ3n) is 9.05. The summed E-state index contributed by atoms with van der Waals surface area (Å²) in [7, 11) is 1.43. The molecular weight excluding hydrogens is 403 g/mol. The van der Waals surface area contributed by atoms with Crippen LogP contribution in [0.2, 0.25) is 0 Å². The lowest BCUT2D eigenvalue weighted by atomic mass is 9.44.